The molecule has 0 atom stereocenters. The standard InChI is InChI=1S/C15H12O6/c1-19-10-6-8(17)14(20-2)15-12(10)13(18)11-7(16)4-3-5-9(11)21-15/h3-6,16-17H,1-2H3. The van der Waals surface area contributed by atoms with Crippen molar-refractivity contribution in [1.29, 1.82) is 0 Å². The van der Waals surface area contributed by atoms with Gasteiger partial charge in [-0.1, -0.05) is 6.07 Å². The van der Waals surface area contributed by atoms with Gasteiger partial charge in [0.25, 0.3) is 0 Å². The van der Waals surface area contributed by atoms with E-state index in [1.165, 1.54) is 26.4 Å². The fourth-order valence-electron chi connectivity index (χ4n) is 2.34. The Morgan fingerprint density at radius 3 is 2.48 bits per heavy atom. The summed E-state index contributed by atoms with van der Waals surface area (Å²) in [7, 11) is 2.73. The molecule has 0 aliphatic carbocycles. The van der Waals surface area contributed by atoms with Gasteiger partial charge >= 0.3 is 0 Å². The zero-order valence-corrected chi connectivity index (χ0v) is 11.3. The molecular weight excluding hydrogens is 276 g/mol. The predicted molar refractivity (Wildman–Crippen MR) is 76.4 cm³/mol. The molecule has 0 spiro atoms. The summed E-state index contributed by atoms with van der Waals surface area (Å²) in [6.45, 7) is 0. The summed E-state index contributed by atoms with van der Waals surface area (Å²) in [5.74, 6) is -0.211. The number of phenols is 2. The zero-order valence-electron chi connectivity index (χ0n) is 11.3. The highest BCUT2D eigenvalue weighted by molar-refractivity contribution is 5.99. The lowest BCUT2D eigenvalue weighted by molar-refractivity contribution is 0.365. The van der Waals surface area contributed by atoms with Crippen molar-refractivity contribution in [3.63, 3.8) is 0 Å². The first-order chi connectivity index (χ1) is 10.1. The van der Waals surface area contributed by atoms with Crippen LogP contribution in [0.2, 0.25) is 0 Å². The predicted octanol–water partition coefficient (Wildman–Crippen LogP) is 2.37. The topological polar surface area (TPSA) is 89.1 Å². The van der Waals surface area contributed by atoms with Gasteiger partial charge in [0.05, 0.1) is 14.2 Å². The highest BCUT2D eigenvalue weighted by Gasteiger charge is 2.21. The molecule has 0 unspecified atom stereocenters. The summed E-state index contributed by atoms with van der Waals surface area (Å²) in [5, 5.41) is 19.9. The summed E-state index contributed by atoms with van der Waals surface area (Å²) in [4.78, 5) is 12.6. The Morgan fingerprint density at radius 2 is 1.81 bits per heavy atom. The first-order valence-corrected chi connectivity index (χ1v) is 6.11. The third kappa shape index (κ3) is 1.76. The van der Waals surface area contributed by atoms with Crippen LogP contribution in [0.15, 0.2) is 33.5 Å². The molecule has 2 N–H and O–H groups in total. The molecule has 6 nitrogen and oxygen atoms in total. The molecule has 0 saturated heterocycles. The average Bonchev–Trinajstić information content (AvgIpc) is 2.46. The van der Waals surface area contributed by atoms with Crippen molar-refractivity contribution in [2.45, 2.75) is 0 Å². The molecule has 0 aliphatic rings. The van der Waals surface area contributed by atoms with Gasteiger partial charge in [-0.05, 0) is 12.1 Å². The lowest BCUT2D eigenvalue weighted by atomic mass is 10.1. The number of fused-ring (bicyclic) bond motifs is 2. The van der Waals surface area contributed by atoms with Crippen LogP contribution in [0, 0.1) is 0 Å². The van der Waals surface area contributed by atoms with E-state index in [0.717, 1.165) is 0 Å². The molecule has 0 bridgehead atoms. The van der Waals surface area contributed by atoms with E-state index >= 15 is 0 Å². The number of benzene rings is 2. The molecule has 3 aromatic rings. The maximum Gasteiger partial charge on any atom is 0.208 e. The van der Waals surface area contributed by atoms with Crippen molar-refractivity contribution in [3.05, 3.63) is 34.5 Å². The van der Waals surface area contributed by atoms with Crippen LogP contribution in [0.1, 0.15) is 0 Å². The quantitative estimate of drug-likeness (QED) is 0.704. The summed E-state index contributed by atoms with van der Waals surface area (Å²) < 4.78 is 15.8. The van der Waals surface area contributed by atoms with Crippen LogP contribution in [0.3, 0.4) is 0 Å². The van der Waals surface area contributed by atoms with Gasteiger partial charge in [-0.25, -0.2) is 0 Å². The Bertz CT molecular complexity index is 910. The smallest absolute Gasteiger partial charge is 0.208 e. The highest BCUT2D eigenvalue weighted by Crippen LogP contribution is 2.41. The zero-order chi connectivity index (χ0) is 15.1. The number of hydrogen-bond acceptors (Lipinski definition) is 6. The number of methoxy groups -OCH3 is 2. The second-order valence-electron chi connectivity index (χ2n) is 4.42. The molecule has 21 heavy (non-hydrogen) atoms. The Hall–Kier alpha value is -2.89. The van der Waals surface area contributed by atoms with E-state index in [2.05, 4.69) is 0 Å². The molecule has 1 heterocycles. The highest BCUT2D eigenvalue weighted by atomic mass is 16.5. The fraction of sp³-hybridized carbons (Fsp3) is 0.133. The number of rotatable bonds is 2. The van der Waals surface area contributed by atoms with Crippen LogP contribution in [0.25, 0.3) is 21.9 Å². The van der Waals surface area contributed by atoms with E-state index in [4.69, 9.17) is 13.9 Å². The van der Waals surface area contributed by atoms with E-state index in [0.29, 0.717) is 0 Å². The molecule has 0 radical (unpaired) electrons. The van der Waals surface area contributed by atoms with E-state index in [-0.39, 0.29) is 44.9 Å². The van der Waals surface area contributed by atoms with Crippen molar-refractivity contribution in [2.24, 2.45) is 0 Å². The van der Waals surface area contributed by atoms with Gasteiger partial charge in [-0.3, -0.25) is 4.79 Å². The molecule has 2 aromatic carbocycles. The lowest BCUT2D eigenvalue weighted by Crippen LogP contribution is -2.05. The SMILES string of the molecule is COc1c(O)cc(OC)c2c(=O)c3c(O)cccc3oc12. The number of ether oxygens (including phenoxy) is 2. The third-order valence-electron chi connectivity index (χ3n) is 3.27. The molecule has 108 valence electrons. The van der Waals surface area contributed by atoms with E-state index in [9.17, 15) is 15.0 Å². The Morgan fingerprint density at radius 1 is 1.05 bits per heavy atom. The summed E-state index contributed by atoms with van der Waals surface area (Å²) in [5.41, 5.74) is -0.199. The maximum atomic E-state index is 12.6. The van der Waals surface area contributed by atoms with Crippen molar-refractivity contribution in [3.8, 4) is 23.0 Å². The van der Waals surface area contributed by atoms with Gasteiger partial charge < -0.3 is 24.1 Å². The van der Waals surface area contributed by atoms with Crippen molar-refractivity contribution < 1.29 is 24.1 Å². The number of aromatic hydroxyl groups is 2. The van der Waals surface area contributed by atoms with Crippen molar-refractivity contribution in [2.75, 3.05) is 14.2 Å². The minimum atomic E-state index is -0.459. The number of hydrogen-bond donors (Lipinski definition) is 2. The van der Waals surface area contributed by atoms with Crippen LogP contribution in [-0.4, -0.2) is 24.4 Å². The van der Waals surface area contributed by atoms with Crippen molar-refractivity contribution >= 4 is 21.9 Å². The summed E-state index contributed by atoms with van der Waals surface area (Å²) in [6, 6.07) is 5.77. The molecular formula is C15H12O6. The normalized spacial score (nSPS) is 11.0. The summed E-state index contributed by atoms with van der Waals surface area (Å²) in [6.07, 6.45) is 0. The molecule has 0 aliphatic heterocycles. The molecule has 6 heteroatoms. The van der Waals surface area contributed by atoms with Crippen molar-refractivity contribution in [1.82, 2.24) is 0 Å². The van der Waals surface area contributed by atoms with Gasteiger partial charge in [0.1, 0.15) is 27.9 Å². The summed E-state index contributed by atoms with van der Waals surface area (Å²) >= 11 is 0. The van der Waals surface area contributed by atoms with Crippen LogP contribution in [0.5, 0.6) is 23.0 Å². The second kappa shape index (κ2) is 4.59. The Kier molecular flexibility index (Phi) is 2.86. The lowest BCUT2D eigenvalue weighted by Gasteiger charge is -2.11. The second-order valence-corrected chi connectivity index (χ2v) is 4.42. The first kappa shape index (κ1) is 13.1. The monoisotopic (exact) mass is 288 g/mol. The number of phenolic OH excluding ortho intramolecular Hbond substituents is 2. The molecule has 0 amide bonds. The minimum Gasteiger partial charge on any atom is -0.507 e. The Balaban J connectivity index is 2.65. The van der Waals surface area contributed by atoms with Crippen LogP contribution in [-0.2, 0) is 0 Å². The fourth-order valence-corrected chi connectivity index (χ4v) is 2.34. The largest absolute Gasteiger partial charge is 0.507 e. The van der Waals surface area contributed by atoms with Crippen LogP contribution < -0.4 is 14.9 Å². The van der Waals surface area contributed by atoms with Gasteiger partial charge in [-0.2, -0.15) is 0 Å². The molecule has 3 rings (SSSR count). The Labute approximate surface area is 118 Å². The van der Waals surface area contributed by atoms with Gasteiger partial charge in [-0.15, -0.1) is 0 Å². The van der Waals surface area contributed by atoms with E-state index < -0.39 is 5.43 Å². The van der Waals surface area contributed by atoms with Crippen LogP contribution in [0.4, 0.5) is 0 Å². The van der Waals surface area contributed by atoms with Gasteiger partial charge in [0.2, 0.25) is 11.2 Å². The van der Waals surface area contributed by atoms with Crippen LogP contribution >= 0.6 is 0 Å². The van der Waals surface area contributed by atoms with Gasteiger partial charge in [0.15, 0.2) is 11.3 Å². The maximum absolute atomic E-state index is 12.6. The van der Waals surface area contributed by atoms with Gasteiger partial charge in [0, 0.05) is 6.07 Å². The van der Waals surface area contributed by atoms with E-state index in [1.807, 2.05) is 0 Å². The first-order valence-electron chi connectivity index (χ1n) is 6.11. The minimum absolute atomic E-state index is 0.0353. The third-order valence-corrected chi connectivity index (χ3v) is 3.27. The molecule has 0 fully saturated rings. The van der Waals surface area contributed by atoms with E-state index in [1.54, 1.807) is 12.1 Å². The average molecular weight is 288 g/mol. The molecule has 0 saturated carbocycles. The molecule has 1 aromatic heterocycles.